The summed E-state index contributed by atoms with van der Waals surface area (Å²) in [6, 6.07) is 0. The summed E-state index contributed by atoms with van der Waals surface area (Å²) in [5, 5.41) is 0. The molecule has 0 unspecified atom stereocenters. The fourth-order valence-electron chi connectivity index (χ4n) is 2.70. The Morgan fingerprint density at radius 3 is 0.857 bits per heavy atom. The fourth-order valence-corrected chi connectivity index (χ4v) is 2.70. The maximum Gasteiger partial charge on any atom is 0 e. The second-order valence-corrected chi connectivity index (χ2v) is 6.10. The summed E-state index contributed by atoms with van der Waals surface area (Å²) in [6.45, 7) is 23.6. The van der Waals surface area contributed by atoms with Gasteiger partial charge >= 0.3 is 0 Å². The molecular formula is C20H29Ti-7. The van der Waals surface area contributed by atoms with E-state index in [0.717, 1.165) is 0 Å². The van der Waals surface area contributed by atoms with E-state index in [1.807, 2.05) is 0 Å². The number of rotatable bonds is 0. The third-order valence-electron chi connectivity index (χ3n) is 5.41. The molecule has 120 valence electrons. The Hall–Kier alpha value is -0.716. The molecule has 2 aromatic carbocycles. The van der Waals surface area contributed by atoms with Gasteiger partial charge in [-0.2, -0.15) is 0 Å². The van der Waals surface area contributed by atoms with Crippen LogP contribution in [0.3, 0.4) is 0 Å². The zero-order valence-electron chi connectivity index (χ0n) is 15.2. The molecule has 0 aromatic heterocycles. The van der Waals surface area contributed by atoms with Gasteiger partial charge in [0.1, 0.15) is 0 Å². The molecule has 0 spiro atoms. The summed E-state index contributed by atoms with van der Waals surface area (Å²) < 4.78 is 0. The van der Waals surface area contributed by atoms with E-state index >= 15 is 0 Å². The Kier molecular flexibility index (Phi) is 7.26. The standard InChI is InChI=1S/C10H15.C10H14.Ti/c2*1-6-7(2)9(4)10(5)8(6)3;/h1-5H3;1H2,2-5H3;/q-5;-2;. The molecule has 0 aliphatic carbocycles. The smallest absolute Gasteiger partial charge is 0 e. The first kappa shape index (κ1) is 20.3. The van der Waals surface area contributed by atoms with E-state index in [-0.39, 0.29) is 21.7 Å². The maximum atomic E-state index is 4.00. The van der Waals surface area contributed by atoms with Crippen LogP contribution in [0.4, 0.5) is 0 Å². The van der Waals surface area contributed by atoms with E-state index in [4.69, 9.17) is 0 Å². The van der Waals surface area contributed by atoms with Crippen LogP contribution in [-0.4, -0.2) is 0 Å². The molecule has 2 rings (SSSR count). The van der Waals surface area contributed by atoms with Crippen molar-refractivity contribution in [3.05, 3.63) is 62.6 Å². The van der Waals surface area contributed by atoms with Gasteiger partial charge in [-0.1, -0.05) is 0 Å². The van der Waals surface area contributed by atoms with Gasteiger partial charge in [0.2, 0.25) is 0 Å². The molecular weight excluding hydrogens is 288 g/mol. The zero-order valence-corrected chi connectivity index (χ0v) is 16.8. The monoisotopic (exact) mass is 317 g/mol. The van der Waals surface area contributed by atoms with Crippen molar-refractivity contribution in [3.63, 3.8) is 0 Å². The summed E-state index contributed by atoms with van der Waals surface area (Å²) in [4.78, 5) is 0. The van der Waals surface area contributed by atoms with Crippen LogP contribution < -0.4 is 0 Å². The average molecular weight is 317 g/mol. The van der Waals surface area contributed by atoms with Crippen LogP contribution in [-0.2, 0) is 21.7 Å². The largest absolute Gasteiger partial charge is 0.731 e. The van der Waals surface area contributed by atoms with Gasteiger partial charge in [0.25, 0.3) is 0 Å². The van der Waals surface area contributed by atoms with Gasteiger partial charge in [-0.15, -0.1) is 27.7 Å². The van der Waals surface area contributed by atoms with E-state index in [2.05, 4.69) is 69.2 Å². The Balaban J connectivity index is 0.000000364. The van der Waals surface area contributed by atoms with Gasteiger partial charge < -0.3 is 33.4 Å². The topological polar surface area (TPSA) is 0 Å². The van der Waals surface area contributed by atoms with Crippen LogP contribution in [0.2, 0.25) is 0 Å². The second-order valence-electron chi connectivity index (χ2n) is 6.10. The van der Waals surface area contributed by atoms with Crippen LogP contribution >= 0.6 is 0 Å². The van der Waals surface area contributed by atoms with Crippen LogP contribution in [0.5, 0.6) is 0 Å². The average Bonchev–Trinajstić information content (AvgIpc) is 2.71. The molecule has 0 nitrogen and oxygen atoms in total. The third kappa shape index (κ3) is 3.73. The fraction of sp³-hybridized carbons (Fsp3) is 0.450. The minimum atomic E-state index is 0. The molecule has 0 fully saturated rings. The molecule has 0 amide bonds. The predicted molar refractivity (Wildman–Crippen MR) is 91.2 cm³/mol. The zero-order chi connectivity index (χ0) is 15.8. The molecule has 0 heterocycles. The predicted octanol–water partition coefficient (Wildman–Crippen LogP) is 5.77. The Morgan fingerprint density at radius 2 is 0.762 bits per heavy atom. The Morgan fingerprint density at radius 1 is 0.571 bits per heavy atom. The van der Waals surface area contributed by atoms with Crippen LogP contribution in [0.1, 0.15) is 55.6 Å². The van der Waals surface area contributed by atoms with Crippen molar-refractivity contribution < 1.29 is 21.7 Å². The van der Waals surface area contributed by atoms with Crippen molar-refractivity contribution in [1.29, 1.82) is 0 Å². The molecule has 0 N–H and O–H groups in total. The maximum absolute atomic E-state index is 4.00. The first-order valence-corrected chi connectivity index (χ1v) is 7.35. The van der Waals surface area contributed by atoms with E-state index in [9.17, 15) is 0 Å². The van der Waals surface area contributed by atoms with Crippen LogP contribution in [0.15, 0.2) is 0 Å². The van der Waals surface area contributed by atoms with Gasteiger partial charge in [-0.05, 0) is 0 Å². The minimum Gasteiger partial charge on any atom is -0.731 e. The van der Waals surface area contributed by atoms with Gasteiger partial charge in [0.15, 0.2) is 0 Å². The summed E-state index contributed by atoms with van der Waals surface area (Å²) in [7, 11) is 0. The Labute approximate surface area is 146 Å². The van der Waals surface area contributed by atoms with E-state index in [0.29, 0.717) is 0 Å². The van der Waals surface area contributed by atoms with Crippen molar-refractivity contribution in [1.82, 2.24) is 0 Å². The van der Waals surface area contributed by atoms with E-state index in [1.165, 1.54) is 55.6 Å². The van der Waals surface area contributed by atoms with E-state index in [1.54, 1.807) is 0 Å². The van der Waals surface area contributed by atoms with Crippen LogP contribution in [0, 0.1) is 69.2 Å². The number of hydrogen-bond donors (Lipinski definition) is 0. The normalized spacial score (nSPS) is 9.95. The van der Waals surface area contributed by atoms with Crippen molar-refractivity contribution >= 4 is 0 Å². The van der Waals surface area contributed by atoms with Gasteiger partial charge in [0, 0.05) is 21.7 Å². The second kappa shape index (κ2) is 7.52. The first-order valence-electron chi connectivity index (χ1n) is 7.35. The van der Waals surface area contributed by atoms with Crippen molar-refractivity contribution in [2.45, 2.75) is 62.3 Å². The Bertz CT molecular complexity index is 404. The van der Waals surface area contributed by atoms with Gasteiger partial charge in [-0.25, -0.2) is 34.6 Å². The molecule has 0 atom stereocenters. The summed E-state index contributed by atoms with van der Waals surface area (Å²) in [6.07, 6.45) is 0. The molecule has 0 saturated heterocycles. The minimum absolute atomic E-state index is 0. The molecule has 0 radical (unpaired) electrons. The van der Waals surface area contributed by atoms with E-state index < -0.39 is 0 Å². The molecule has 0 aliphatic rings. The van der Waals surface area contributed by atoms with Crippen LogP contribution in [0.25, 0.3) is 0 Å². The van der Waals surface area contributed by atoms with Gasteiger partial charge in [0.05, 0.1) is 0 Å². The molecule has 0 saturated carbocycles. The summed E-state index contributed by atoms with van der Waals surface area (Å²) in [5.41, 5.74) is 14.1. The SMILES string of the molecule is C[c-]1[c-](C)[c-](C)[c-](C)[c-]1C.[CH2-][c-]1c(C)c(C)c(C)c1C.[Ti]. The van der Waals surface area contributed by atoms with Crippen molar-refractivity contribution in [2.75, 3.05) is 0 Å². The van der Waals surface area contributed by atoms with Crippen molar-refractivity contribution in [3.8, 4) is 0 Å². The third-order valence-corrected chi connectivity index (χ3v) is 5.41. The molecule has 0 aliphatic heterocycles. The summed E-state index contributed by atoms with van der Waals surface area (Å²) >= 11 is 0. The molecule has 21 heavy (non-hydrogen) atoms. The molecule has 0 bridgehead atoms. The molecule has 2 aromatic rings. The van der Waals surface area contributed by atoms with Crippen molar-refractivity contribution in [2.24, 2.45) is 0 Å². The molecule has 1 heteroatoms. The van der Waals surface area contributed by atoms with Gasteiger partial charge in [-0.3, -0.25) is 29.2 Å². The number of hydrogen-bond acceptors (Lipinski definition) is 0. The first-order chi connectivity index (χ1) is 9.11. The summed E-state index contributed by atoms with van der Waals surface area (Å²) in [5.74, 6) is 0. The quantitative estimate of drug-likeness (QED) is 0.427.